The molecular weight excluding hydrogens is 233 g/mol. The lowest BCUT2D eigenvalue weighted by Crippen LogP contribution is -2.24. The van der Waals surface area contributed by atoms with Crippen molar-refractivity contribution in [1.82, 2.24) is 0 Å². The van der Waals surface area contributed by atoms with E-state index in [1.807, 2.05) is 0 Å². The molecular formula is C9H6ClF3O2. The number of aromatic hydroxyl groups is 1. The second-order valence-electron chi connectivity index (χ2n) is 2.88. The predicted octanol–water partition coefficient (Wildman–Crippen LogP) is 2.72. The van der Waals surface area contributed by atoms with E-state index in [1.165, 1.54) is 6.07 Å². The summed E-state index contributed by atoms with van der Waals surface area (Å²) in [4.78, 5) is 10.6. The van der Waals surface area contributed by atoms with Gasteiger partial charge >= 0.3 is 6.18 Å². The average molecular weight is 239 g/mol. The molecule has 0 aliphatic heterocycles. The summed E-state index contributed by atoms with van der Waals surface area (Å²) in [7, 11) is 0. The Morgan fingerprint density at radius 1 is 1.40 bits per heavy atom. The Morgan fingerprint density at radius 3 is 2.47 bits per heavy atom. The zero-order valence-corrected chi connectivity index (χ0v) is 8.06. The quantitative estimate of drug-likeness (QED) is 0.860. The molecule has 0 radical (unpaired) electrons. The van der Waals surface area contributed by atoms with Gasteiger partial charge in [0, 0.05) is 6.42 Å². The van der Waals surface area contributed by atoms with E-state index in [-0.39, 0.29) is 16.3 Å². The van der Waals surface area contributed by atoms with Crippen LogP contribution in [0.1, 0.15) is 5.56 Å². The Labute approximate surface area is 88.3 Å². The van der Waals surface area contributed by atoms with Crippen molar-refractivity contribution in [3.63, 3.8) is 0 Å². The molecule has 2 nitrogen and oxygen atoms in total. The molecule has 0 aliphatic carbocycles. The molecule has 0 bridgehead atoms. The molecule has 0 aliphatic rings. The van der Waals surface area contributed by atoms with Gasteiger partial charge in [-0.05, 0) is 17.7 Å². The molecule has 0 aromatic heterocycles. The van der Waals surface area contributed by atoms with Gasteiger partial charge in [-0.25, -0.2) is 0 Å². The van der Waals surface area contributed by atoms with Gasteiger partial charge in [0.05, 0.1) is 5.02 Å². The molecule has 15 heavy (non-hydrogen) atoms. The van der Waals surface area contributed by atoms with Gasteiger partial charge in [-0.2, -0.15) is 13.2 Å². The largest absolute Gasteiger partial charge is 0.506 e. The van der Waals surface area contributed by atoms with E-state index in [0.717, 1.165) is 12.1 Å². The number of alkyl halides is 3. The fraction of sp³-hybridized carbons (Fsp3) is 0.222. The first-order valence-electron chi connectivity index (χ1n) is 3.88. The van der Waals surface area contributed by atoms with Crippen LogP contribution in [0.15, 0.2) is 18.2 Å². The third kappa shape index (κ3) is 3.13. The van der Waals surface area contributed by atoms with Gasteiger partial charge in [0.25, 0.3) is 0 Å². The van der Waals surface area contributed by atoms with Crippen LogP contribution < -0.4 is 0 Å². The minimum Gasteiger partial charge on any atom is -0.506 e. The van der Waals surface area contributed by atoms with Gasteiger partial charge in [-0.1, -0.05) is 17.7 Å². The van der Waals surface area contributed by atoms with Crippen LogP contribution in [0.2, 0.25) is 5.02 Å². The fourth-order valence-corrected chi connectivity index (χ4v) is 1.15. The summed E-state index contributed by atoms with van der Waals surface area (Å²) in [6, 6.07) is 3.48. The zero-order chi connectivity index (χ0) is 11.6. The molecule has 0 amide bonds. The van der Waals surface area contributed by atoms with Crippen molar-refractivity contribution < 1.29 is 23.1 Å². The average Bonchev–Trinajstić information content (AvgIpc) is 2.10. The first kappa shape index (κ1) is 11.8. The number of carbonyl (C=O) groups is 1. The van der Waals surface area contributed by atoms with Crippen LogP contribution in [0.3, 0.4) is 0 Å². The van der Waals surface area contributed by atoms with E-state index in [2.05, 4.69) is 0 Å². The highest BCUT2D eigenvalue weighted by Crippen LogP contribution is 2.25. The predicted molar refractivity (Wildman–Crippen MR) is 47.9 cm³/mol. The number of halogens is 4. The molecule has 0 heterocycles. The number of carbonyl (C=O) groups excluding carboxylic acids is 1. The van der Waals surface area contributed by atoms with Crippen LogP contribution in [0.5, 0.6) is 5.75 Å². The monoisotopic (exact) mass is 238 g/mol. The Kier molecular flexibility index (Phi) is 3.24. The van der Waals surface area contributed by atoms with E-state index in [0.29, 0.717) is 0 Å². The number of benzene rings is 1. The van der Waals surface area contributed by atoms with Crippen LogP contribution >= 0.6 is 11.6 Å². The van der Waals surface area contributed by atoms with E-state index in [9.17, 15) is 18.0 Å². The maximum Gasteiger partial charge on any atom is 0.450 e. The lowest BCUT2D eigenvalue weighted by atomic mass is 10.1. The highest BCUT2D eigenvalue weighted by Gasteiger charge is 2.37. The second kappa shape index (κ2) is 4.10. The normalized spacial score (nSPS) is 11.5. The van der Waals surface area contributed by atoms with Crippen molar-refractivity contribution in [2.24, 2.45) is 0 Å². The number of phenols is 1. The lowest BCUT2D eigenvalue weighted by molar-refractivity contribution is -0.170. The Morgan fingerprint density at radius 2 is 2.00 bits per heavy atom. The van der Waals surface area contributed by atoms with Gasteiger partial charge in [0.1, 0.15) is 5.75 Å². The van der Waals surface area contributed by atoms with Gasteiger partial charge in [-0.15, -0.1) is 0 Å². The number of ketones is 1. The standard InChI is InChI=1S/C9H6ClF3O2/c10-6-3-5(1-2-7(6)14)4-8(15)9(11,12)13/h1-3,14H,4H2. The highest BCUT2D eigenvalue weighted by atomic mass is 35.5. The number of rotatable bonds is 2. The highest BCUT2D eigenvalue weighted by molar-refractivity contribution is 6.32. The SMILES string of the molecule is O=C(Cc1ccc(O)c(Cl)c1)C(F)(F)F. The summed E-state index contributed by atoms with van der Waals surface area (Å²) in [5.74, 6) is -2.08. The second-order valence-corrected chi connectivity index (χ2v) is 3.29. The van der Waals surface area contributed by atoms with Crippen LogP contribution in [0.4, 0.5) is 13.2 Å². The van der Waals surface area contributed by atoms with Crippen molar-refractivity contribution in [3.8, 4) is 5.75 Å². The number of hydrogen-bond acceptors (Lipinski definition) is 2. The zero-order valence-electron chi connectivity index (χ0n) is 7.31. The minimum atomic E-state index is -4.84. The van der Waals surface area contributed by atoms with Gasteiger partial charge in [-0.3, -0.25) is 4.79 Å². The van der Waals surface area contributed by atoms with E-state index in [4.69, 9.17) is 16.7 Å². The molecule has 0 spiro atoms. The van der Waals surface area contributed by atoms with E-state index >= 15 is 0 Å². The number of phenolic OH excluding ortho intramolecular Hbond substituents is 1. The summed E-state index contributed by atoms with van der Waals surface area (Å²) in [5.41, 5.74) is 0.111. The van der Waals surface area contributed by atoms with Gasteiger partial charge < -0.3 is 5.11 Å². The van der Waals surface area contributed by atoms with Crippen molar-refractivity contribution in [3.05, 3.63) is 28.8 Å². The first-order chi connectivity index (χ1) is 6.80. The Balaban J connectivity index is 2.83. The van der Waals surface area contributed by atoms with Crippen LogP contribution in [-0.4, -0.2) is 17.1 Å². The summed E-state index contributed by atoms with van der Waals surface area (Å²) >= 11 is 5.47. The summed E-state index contributed by atoms with van der Waals surface area (Å²) < 4.78 is 35.6. The maximum atomic E-state index is 11.9. The molecule has 0 fully saturated rings. The van der Waals surface area contributed by atoms with Crippen molar-refractivity contribution in [2.45, 2.75) is 12.6 Å². The van der Waals surface area contributed by atoms with Crippen molar-refractivity contribution >= 4 is 17.4 Å². The Hall–Kier alpha value is -1.23. The smallest absolute Gasteiger partial charge is 0.450 e. The lowest BCUT2D eigenvalue weighted by Gasteiger charge is -2.05. The maximum absolute atomic E-state index is 11.9. The molecule has 1 aromatic rings. The van der Waals surface area contributed by atoms with Gasteiger partial charge in [0.2, 0.25) is 5.78 Å². The molecule has 6 heteroatoms. The molecule has 0 atom stereocenters. The summed E-state index contributed by atoms with van der Waals surface area (Å²) in [5, 5.41) is 8.92. The van der Waals surface area contributed by atoms with Crippen LogP contribution in [-0.2, 0) is 11.2 Å². The van der Waals surface area contributed by atoms with E-state index in [1.54, 1.807) is 0 Å². The molecule has 1 aromatic carbocycles. The van der Waals surface area contributed by atoms with Crippen LogP contribution in [0.25, 0.3) is 0 Å². The molecule has 1 N–H and O–H groups in total. The van der Waals surface area contributed by atoms with Gasteiger partial charge in [0.15, 0.2) is 0 Å². The fourth-order valence-electron chi connectivity index (χ4n) is 0.946. The van der Waals surface area contributed by atoms with Crippen molar-refractivity contribution in [1.29, 1.82) is 0 Å². The topological polar surface area (TPSA) is 37.3 Å². The van der Waals surface area contributed by atoms with Crippen molar-refractivity contribution in [2.75, 3.05) is 0 Å². The third-order valence-corrected chi connectivity index (χ3v) is 2.00. The number of Topliss-reactive ketones (excluding diaryl/α,β-unsaturated/α-hetero) is 1. The number of hydrogen-bond donors (Lipinski definition) is 1. The Bertz CT molecular complexity index is 387. The molecule has 0 unspecified atom stereocenters. The van der Waals surface area contributed by atoms with E-state index < -0.39 is 18.4 Å². The summed E-state index contributed by atoms with van der Waals surface area (Å²) in [6.07, 6.45) is -5.62. The minimum absolute atomic E-state index is 0.0810. The third-order valence-electron chi connectivity index (χ3n) is 1.69. The summed E-state index contributed by atoms with van der Waals surface area (Å²) in [6.45, 7) is 0. The molecule has 0 saturated heterocycles. The molecule has 0 saturated carbocycles. The molecule has 1 rings (SSSR count). The first-order valence-corrected chi connectivity index (χ1v) is 4.26. The molecule has 82 valence electrons. The van der Waals surface area contributed by atoms with Crippen LogP contribution in [0, 0.1) is 0 Å².